The number of hydrogen-bond acceptors (Lipinski definition) is 6. The van der Waals surface area contributed by atoms with Crippen LogP contribution in [0.1, 0.15) is 0 Å². The third-order valence-corrected chi connectivity index (χ3v) is 2.38. The summed E-state index contributed by atoms with van der Waals surface area (Å²) in [5, 5.41) is 32.5. The summed E-state index contributed by atoms with van der Waals surface area (Å²) in [5.41, 5.74) is -0.217. The Morgan fingerprint density at radius 3 is 2.67 bits per heavy atom. The number of carboxylic acids is 1. The van der Waals surface area contributed by atoms with Gasteiger partial charge in [0.2, 0.25) is 0 Å². The van der Waals surface area contributed by atoms with Gasteiger partial charge in [-0.15, -0.1) is 0 Å². The number of amides is 2. The van der Waals surface area contributed by atoms with E-state index in [9.17, 15) is 19.7 Å². The van der Waals surface area contributed by atoms with Gasteiger partial charge in [-0.25, -0.2) is 9.59 Å². The Labute approximate surface area is 118 Å². The number of aliphatic hydroxyl groups is 1. The maximum atomic E-state index is 11.5. The average molecular weight is 299 g/mol. The molecule has 0 saturated heterocycles. The molecule has 0 spiro atoms. The third-order valence-electron chi connectivity index (χ3n) is 2.38. The van der Waals surface area contributed by atoms with E-state index in [1.165, 1.54) is 19.2 Å². The van der Waals surface area contributed by atoms with E-state index in [-0.39, 0.29) is 17.1 Å². The van der Waals surface area contributed by atoms with E-state index in [1.54, 1.807) is 0 Å². The largest absolute Gasteiger partial charge is 0.495 e. The number of nitro groups is 1. The molecule has 2 amide bonds. The lowest BCUT2D eigenvalue weighted by atomic mass is 10.2. The van der Waals surface area contributed by atoms with E-state index < -0.39 is 29.6 Å². The number of methoxy groups -OCH3 is 1. The Morgan fingerprint density at radius 2 is 2.14 bits per heavy atom. The number of carboxylic acid groups (broad SMARTS) is 1. The molecule has 0 saturated carbocycles. The zero-order valence-electron chi connectivity index (χ0n) is 10.9. The van der Waals surface area contributed by atoms with E-state index in [0.717, 1.165) is 6.07 Å². The van der Waals surface area contributed by atoms with Crippen molar-refractivity contribution in [2.45, 2.75) is 6.10 Å². The van der Waals surface area contributed by atoms with Gasteiger partial charge >= 0.3 is 12.0 Å². The SMILES string of the molecule is COc1ccc([N+](=O)[O-])cc1NC(=O)NC[C@H](O)C(=O)O. The fraction of sp³-hybridized carbons (Fsp3) is 0.273. The molecule has 1 atom stereocenters. The Bertz CT molecular complexity index is 561. The normalized spacial score (nSPS) is 11.3. The minimum atomic E-state index is -1.75. The summed E-state index contributed by atoms with van der Waals surface area (Å²) < 4.78 is 4.94. The Balaban J connectivity index is 2.76. The molecule has 0 radical (unpaired) electrons. The van der Waals surface area contributed by atoms with Crippen LogP contribution in [-0.4, -0.2) is 46.9 Å². The van der Waals surface area contributed by atoms with E-state index >= 15 is 0 Å². The molecule has 0 aliphatic rings. The lowest BCUT2D eigenvalue weighted by molar-refractivity contribution is -0.384. The lowest BCUT2D eigenvalue weighted by Crippen LogP contribution is -2.38. The number of non-ortho nitro benzene ring substituents is 1. The monoisotopic (exact) mass is 299 g/mol. The van der Waals surface area contributed by atoms with Crippen LogP contribution in [0.25, 0.3) is 0 Å². The van der Waals surface area contributed by atoms with Gasteiger partial charge in [-0.05, 0) is 6.07 Å². The van der Waals surface area contributed by atoms with E-state index in [4.69, 9.17) is 14.9 Å². The number of aliphatic hydroxyl groups excluding tert-OH is 1. The maximum Gasteiger partial charge on any atom is 0.334 e. The first kappa shape index (κ1) is 16.2. The second-order valence-corrected chi connectivity index (χ2v) is 3.83. The highest BCUT2D eigenvalue weighted by molar-refractivity contribution is 5.91. The summed E-state index contributed by atoms with van der Waals surface area (Å²) in [6.07, 6.45) is -1.75. The molecule has 10 nitrogen and oxygen atoms in total. The van der Waals surface area contributed by atoms with Crippen molar-refractivity contribution >= 4 is 23.4 Å². The fourth-order valence-electron chi connectivity index (χ4n) is 1.35. The standard InChI is InChI=1S/C11H13N3O7/c1-21-9-3-2-6(14(19)20)4-7(9)13-11(18)12-5-8(15)10(16)17/h2-4,8,15H,5H2,1H3,(H,16,17)(H2,12,13,18)/t8-/m0/s1. The molecule has 1 aromatic carbocycles. The van der Waals surface area contributed by atoms with Crippen molar-refractivity contribution in [3.63, 3.8) is 0 Å². The minimum Gasteiger partial charge on any atom is -0.495 e. The summed E-state index contributed by atoms with van der Waals surface area (Å²) in [4.78, 5) is 31.9. The number of nitrogens with one attached hydrogen (secondary N) is 2. The smallest absolute Gasteiger partial charge is 0.334 e. The predicted octanol–water partition coefficient (Wildman–Crippen LogP) is 0.170. The van der Waals surface area contributed by atoms with Crippen LogP contribution in [0.15, 0.2) is 18.2 Å². The lowest BCUT2D eigenvalue weighted by Gasteiger charge is -2.12. The molecule has 0 fully saturated rings. The molecule has 21 heavy (non-hydrogen) atoms. The summed E-state index contributed by atoms with van der Waals surface area (Å²) in [7, 11) is 1.32. The van der Waals surface area contributed by atoms with Crippen molar-refractivity contribution in [1.82, 2.24) is 5.32 Å². The van der Waals surface area contributed by atoms with Crippen LogP contribution in [0.4, 0.5) is 16.2 Å². The topological polar surface area (TPSA) is 151 Å². The first-order valence-electron chi connectivity index (χ1n) is 5.63. The van der Waals surface area contributed by atoms with Gasteiger partial charge in [-0.2, -0.15) is 0 Å². The number of benzene rings is 1. The van der Waals surface area contributed by atoms with Crippen molar-refractivity contribution in [2.75, 3.05) is 19.0 Å². The zero-order valence-corrected chi connectivity index (χ0v) is 10.9. The highest BCUT2D eigenvalue weighted by Crippen LogP contribution is 2.28. The van der Waals surface area contributed by atoms with Crippen molar-refractivity contribution in [2.24, 2.45) is 0 Å². The number of anilines is 1. The summed E-state index contributed by atoms with van der Waals surface area (Å²) in [5.74, 6) is -1.29. The Morgan fingerprint density at radius 1 is 1.48 bits per heavy atom. The molecular formula is C11H13N3O7. The molecule has 0 unspecified atom stereocenters. The first-order valence-corrected chi connectivity index (χ1v) is 5.63. The third kappa shape index (κ3) is 4.62. The number of carbonyl (C=O) groups is 2. The predicted molar refractivity (Wildman–Crippen MR) is 70.3 cm³/mol. The number of rotatable bonds is 6. The molecule has 4 N–H and O–H groups in total. The van der Waals surface area contributed by atoms with Crippen LogP contribution in [0.5, 0.6) is 5.75 Å². The van der Waals surface area contributed by atoms with Crippen molar-refractivity contribution in [1.29, 1.82) is 0 Å². The number of hydrogen-bond donors (Lipinski definition) is 4. The molecule has 0 heterocycles. The molecule has 1 rings (SSSR count). The molecule has 0 bridgehead atoms. The molecule has 10 heteroatoms. The van der Waals surface area contributed by atoms with Gasteiger partial charge in [-0.3, -0.25) is 10.1 Å². The van der Waals surface area contributed by atoms with E-state index in [1.807, 2.05) is 0 Å². The first-order chi connectivity index (χ1) is 9.85. The van der Waals surface area contributed by atoms with Gasteiger partial charge in [0.05, 0.1) is 24.3 Å². The van der Waals surface area contributed by atoms with Gasteiger partial charge in [0.1, 0.15) is 5.75 Å². The number of nitrogens with zero attached hydrogens (tertiary/aromatic N) is 1. The molecule has 0 aliphatic heterocycles. The average Bonchev–Trinajstić information content (AvgIpc) is 2.44. The number of aliphatic carboxylic acids is 1. The number of carbonyl (C=O) groups excluding carboxylic acids is 1. The molecule has 114 valence electrons. The van der Waals surface area contributed by atoms with Crippen molar-refractivity contribution < 1.29 is 29.5 Å². The molecular weight excluding hydrogens is 286 g/mol. The van der Waals surface area contributed by atoms with Crippen LogP contribution in [0.3, 0.4) is 0 Å². The van der Waals surface area contributed by atoms with Gasteiger partial charge in [0.15, 0.2) is 6.10 Å². The van der Waals surface area contributed by atoms with Crippen LogP contribution >= 0.6 is 0 Å². The fourth-order valence-corrected chi connectivity index (χ4v) is 1.35. The van der Waals surface area contributed by atoms with Crippen LogP contribution in [0, 0.1) is 10.1 Å². The number of ether oxygens (including phenoxy) is 1. The van der Waals surface area contributed by atoms with Crippen LogP contribution in [0.2, 0.25) is 0 Å². The maximum absolute atomic E-state index is 11.5. The Hall–Kier alpha value is -2.88. The van der Waals surface area contributed by atoms with Gasteiger partial charge < -0.3 is 25.6 Å². The van der Waals surface area contributed by atoms with Crippen LogP contribution in [-0.2, 0) is 4.79 Å². The summed E-state index contributed by atoms with van der Waals surface area (Å²) in [6, 6.07) is 2.76. The minimum absolute atomic E-state index is 0.0361. The summed E-state index contributed by atoms with van der Waals surface area (Å²) >= 11 is 0. The zero-order chi connectivity index (χ0) is 16.0. The van der Waals surface area contributed by atoms with Gasteiger partial charge in [-0.1, -0.05) is 0 Å². The van der Waals surface area contributed by atoms with Gasteiger partial charge in [0.25, 0.3) is 5.69 Å². The second kappa shape index (κ2) is 7.05. The van der Waals surface area contributed by atoms with E-state index in [0.29, 0.717) is 0 Å². The van der Waals surface area contributed by atoms with Crippen LogP contribution < -0.4 is 15.4 Å². The molecule has 0 aliphatic carbocycles. The van der Waals surface area contributed by atoms with Gasteiger partial charge in [0, 0.05) is 12.1 Å². The van der Waals surface area contributed by atoms with Crippen molar-refractivity contribution in [3.8, 4) is 5.75 Å². The highest BCUT2D eigenvalue weighted by Gasteiger charge is 2.16. The molecule has 0 aromatic heterocycles. The summed E-state index contributed by atoms with van der Waals surface area (Å²) in [6.45, 7) is -0.515. The Kier molecular flexibility index (Phi) is 5.43. The highest BCUT2D eigenvalue weighted by atomic mass is 16.6. The van der Waals surface area contributed by atoms with E-state index in [2.05, 4.69) is 10.6 Å². The number of nitro benzene ring substituents is 1. The number of urea groups is 1. The quantitative estimate of drug-likeness (QED) is 0.431. The molecule has 1 aromatic rings. The van der Waals surface area contributed by atoms with Crippen molar-refractivity contribution in [3.05, 3.63) is 28.3 Å². The second-order valence-electron chi connectivity index (χ2n) is 3.83.